The predicted octanol–water partition coefficient (Wildman–Crippen LogP) is 1.85. The van der Waals surface area contributed by atoms with Crippen LogP contribution in [0.4, 0.5) is 10.1 Å². The minimum Gasteiger partial charge on any atom is -0.380 e. The van der Waals surface area contributed by atoms with Crippen LogP contribution in [-0.2, 0) is 9.59 Å². The lowest BCUT2D eigenvalue weighted by molar-refractivity contribution is -0.139. The van der Waals surface area contributed by atoms with E-state index in [1.807, 2.05) is 11.0 Å². The summed E-state index contributed by atoms with van der Waals surface area (Å²) in [6, 6.07) is 6.48. The van der Waals surface area contributed by atoms with Gasteiger partial charge in [-0.1, -0.05) is 6.07 Å². The Morgan fingerprint density at radius 2 is 2.17 bits per heavy atom. The number of piperidine rings is 1. The Morgan fingerprint density at radius 3 is 2.91 bits per heavy atom. The van der Waals surface area contributed by atoms with Gasteiger partial charge in [-0.2, -0.15) is 0 Å². The number of nitrogens with zero attached hydrogens (tertiary/aromatic N) is 2. The topological polar surface area (TPSA) is 52.7 Å². The van der Waals surface area contributed by atoms with E-state index in [1.165, 1.54) is 12.1 Å². The molecule has 0 aliphatic carbocycles. The van der Waals surface area contributed by atoms with Crippen molar-refractivity contribution in [3.63, 3.8) is 0 Å². The molecule has 1 atom stereocenters. The van der Waals surface area contributed by atoms with Crippen LogP contribution < -0.4 is 5.32 Å². The summed E-state index contributed by atoms with van der Waals surface area (Å²) in [6.07, 6.45) is 3.25. The third-order valence-corrected chi connectivity index (χ3v) is 4.47. The standard InChI is InChI=1S/C17H22FN3O2/c18-13-4-1-5-14(10-13)19-15-6-2-8-20(11-15)17(23)12-21-9-3-7-16(21)22/h1,4-5,10,15,19H,2-3,6-9,11-12H2/t15-/m0/s1. The van der Waals surface area contributed by atoms with Gasteiger partial charge < -0.3 is 15.1 Å². The summed E-state index contributed by atoms with van der Waals surface area (Å²) in [5.74, 6) is -0.193. The van der Waals surface area contributed by atoms with Crippen LogP contribution in [0, 0.1) is 5.82 Å². The van der Waals surface area contributed by atoms with E-state index in [0.29, 0.717) is 19.5 Å². The molecule has 6 heteroatoms. The third-order valence-electron chi connectivity index (χ3n) is 4.47. The zero-order chi connectivity index (χ0) is 16.2. The summed E-state index contributed by atoms with van der Waals surface area (Å²) in [5.41, 5.74) is 0.735. The minimum absolute atomic E-state index is 0.00555. The number of hydrogen-bond acceptors (Lipinski definition) is 3. The van der Waals surface area contributed by atoms with Gasteiger partial charge in [-0.25, -0.2) is 4.39 Å². The van der Waals surface area contributed by atoms with Crippen LogP contribution in [0.15, 0.2) is 24.3 Å². The van der Waals surface area contributed by atoms with Crippen LogP contribution in [0.2, 0.25) is 0 Å². The van der Waals surface area contributed by atoms with Gasteiger partial charge in [0.25, 0.3) is 0 Å². The van der Waals surface area contributed by atoms with Crippen molar-refractivity contribution in [3.8, 4) is 0 Å². The van der Waals surface area contributed by atoms with E-state index < -0.39 is 0 Å². The smallest absolute Gasteiger partial charge is 0.242 e. The molecule has 0 spiro atoms. The molecule has 23 heavy (non-hydrogen) atoms. The van der Waals surface area contributed by atoms with Gasteiger partial charge in [-0.3, -0.25) is 9.59 Å². The number of carbonyl (C=O) groups excluding carboxylic acids is 2. The van der Waals surface area contributed by atoms with Crippen LogP contribution in [0.5, 0.6) is 0 Å². The molecule has 124 valence electrons. The molecular weight excluding hydrogens is 297 g/mol. The number of carbonyl (C=O) groups is 2. The van der Waals surface area contributed by atoms with Crippen molar-refractivity contribution in [2.75, 3.05) is 31.5 Å². The predicted molar refractivity (Wildman–Crippen MR) is 85.4 cm³/mol. The summed E-state index contributed by atoms with van der Waals surface area (Å²) in [5, 5.41) is 3.29. The number of halogens is 1. The van der Waals surface area contributed by atoms with E-state index in [9.17, 15) is 14.0 Å². The lowest BCUT2D eigenvalue weighted by atomic mass is 10.1. The van der Waals surface area contributed by atoms with Gasteiger partial charge in [0.05, 0.1) is 6.54 Å². The Kier molecular flexibility index (Phi) is 4.79. The first-order valence-corrected chi connectivity index (χ1v) is 8.19. The largest absolute Gasteiger partial charge is 0.380 e. The van der Waals surface area contributed by atoms with Gasteiger partial charge >= 0.3 is 0 Å². The number of amides is 2. The van der Waals surface area contributed by atoms with Gasteiger partial charge in [0.2, 0.25) is 11.8 Å². The number of benzene rings is 1. The molecular formula is C17H22FN3O2. The molecule has 1 aromatic rings. The quantitative estimate of drug-likeness (QED) is 0.921. The molecule has 0 aromatic heterocycles. The van der Waals surface area contributed by atoms with Crippen molar-refractivity contribution >= 4 is 17.5 Å². The summed E-state index contributed by atoms with van der Waals surface area (Å²) in [7, 11) is 0. The zero-order valence-corrected chi connectivity index (χ0v) is 13.1. The van der Waals surface area contributed by atoms with E-state index in [1.54, 1.807) is 11.0 Å². The summed E-state index contributed by atoms with van der Waals surface area (Å²) in [6.45, 7) is 2.19. The lowest BCUT2D eigenvalue weighted by Gasteiger charge is -2.34. The number of likely N-dealkylation sites (tertiary alicyclic amines) is 2. The first kappa shape index (κ1) is 15.8. The monoisotopic (exact) mass is 319 g/mol. The fourth-order valence-electron chi connectivity index (χ4n) is 3.27. The Bertz CT molecular complexity index is 593. The molecule has 2 aliphatic rings. The first-order chi connectivity index (χ1) is 11.1. The van der Waals surface area contributed by atoms with Crippen molar-refractivity contribution < 1.29 is 14.0 Å². The van der Waals surface area contributed by atoms with E-state index in [2.05, 4.69) is 5.32 Å². The van der Waals surface area contributed by atoms with E-state index in [-0.39, 0.29) is 30.2 Å². The molecule has 0 unspecified atom stereocenters. The van der Waals surface area contributed by atoms with E-state index in [0.717, 1.165) is 31.5 Å². The van der Waals surface area contributed by atoms with E-state index in [4.69, 9.17) is 0 Å². The number of anilines is 1. The molecule has 1 aromatic carbocycles. The molecule has 1 N–H and O–H groups in total. The van der Waals surface area contributed by atoms with Gasteiger partial charge in [0.15, 0.2) is 0 Å². The van der Waals surface area contributed by atoms with Crippen molar-refractivity contribution in [2.24, 2.45) is 0 Å². The molecule has 0 radical (unpaired) electrons. The Hall–Kier alpha value is -2.11. The number of nitrogens with one attached hydrogen (secondary N) is 1. The fraction of sp³-hybridized carbons (Fsp3) is 0.529. The highest BCUT2D eigenvalue weighted by molar-refractivity contribution is 5.86. The van der Waals surface area contributed by atoms with Gasteiger partial charge in [0.1, 0.15) is 5.82 Å². The zero-order valence-electron chi connectivity index (χ0n) is 13.1. The van der Waals surface area contributed by atoms with Crippen molar-refractivity contribution in [1.82, 2.24) is 9.80 Å². The van der Waals surface area contributed by atoms with Crippen LogP contribution in [-0.4, -0.2) is 53.8 Å². The molecule has 2 heterocycles. The molecule has 2 saturated heterocycles. The summed E-state index contributed by atoms with van der Waals surface area (Å²) in [4.78, 5) is 27.5. The fourth-order valence-corrected chi connectivity index (χ4v) is 3.27. The Morgan fingerprint density at radius 1 is 1.30 bits per heavy atom. The second-order valence-corrected chi connectivity index (χ2v) is 6.25. The second kappa shape index (κ2) is 6.98. The highest BCUT2D eigenvalue weighted by Crippen LogP contribution is 2.18. The maximum atomic E-state index is 13.2. The SMILES string of the molecule is O=C1CCCN1CC(=O)N1CCC[C@H](Nc2cccc(F)c2)C1. The maximum absolute atomic E-state index is 13.2. The van der Waals surface area contributed by atoms with Crippen molar-refractivity contribution in [2.45, 2.75) is 31.7 Å². The normalized spacial score (nSPS) is 21.6. The summed E-state index contributed by atoms with van der Waals surface area (Å²) >= 11 is 0. The highest BCUT2D eigenvalue weighted by atomic mass is 19.1. The van der Waals surface area contributed by atoms with Crippen molar-refractivity contribution in [1.29, 1.82) is 0 Å². The number of rotatable bonds is 4. The van der Waals surface area contributed by atoms with Crippen LogP contribution in [0.3, 0.4) is 0 Å². The van der Waals surface area contributed by atoms with Crippen LogP contribution in [0.1, 0.15) is 25.7 Å². The molecule has 2 fully saturated rings. The Balaban J connectivity index is 1.55. The summed E-state index contributed by atoms with van der Waals surface area (Å²) < 4.78 is 13.2. The van der Waals surface area contributed by atoms with Crippen molar-refractivity contribution in [3.05, 3.63) is 30.1 Å². The average molecular weight is 319 g/mol. The molecule has 2 aliphatic heterocycles. The van der Waals surface area contributed by atoms with Crippen LogP contribution in [0.25, 0.3) is 0 Å². The van der Waals surface area contributed by atoms with Gasteiger partial charge in [-0.05, 0) is 37.5 Å². The Labute approximate surface area is 135 Å². The highest BCUT2D eigenvalue weighted by Gasteiger charge is 2.28. The van der Waals surface area contributed by atoms with Gasteiger partial charge in [0, 0.05) is 37.8 Å². The maximum Gasteiger partial charge on any atom is 0.242 e. The molecule has 5 nitrogen and oxygen atoms in total. The first-order valence-electron chi connectivity index (χ1n) is 8.19. The van der Waals surface area contributed by atoms with Gasteiger partial charge in [-0.15, -0.1) is 0 Å². The lowest BCUT2D eigenvalue weighted by Crippen LogP contribution is -2.48. The van der Waals surface area contributed by atoms with E-state index >= 15 is 0 Å². The van der Waals surface area contributed by atoms with Crippen LogP contribution >= 0.6 is 0 Å². The molecule has 0 bridgehead atoms. The number of hydrogen-bond donors (Lipinski definition) is 1. The second-order valence-electron chi connectivity index (χ2n) is 6.25. The molecule has 3 rings (SSSR count). The minimum atomic E-state index is -0.272. The molecule has 0 saturated carbocycles. The third kappa shape index (κ3) is 4.00. The average Bonchev–Trinajstić information content (AvgIpc) is 2.93. The molecule has 2 amide bonds.